The van der Waals surface area contributed by atoms with Crippen molar-refractivity contribution >= 4 is 32.5 Å². The van der Waals surface area contributed by atoms with Gasteiger partial charge in [0.2, 0.25) is 11.8 Å². The van der Waals surface area contributed by atoms with Gasteiger partial charge in [0.25, 0.3) is 15.6 Å². The molecule has 1 atom stereocenters. The van der Waals surface area contributed by atoms with E-state index in [2.05, 4.69) is 20.0 Å². The van der Waals surface area contributed by atoms with Gasteiger partial charge in [0.1, 0.15) is 22.2 Å². The van der Waals surface area contributed by atoms with Crippen LogP contribution in [0.3, 0.4) is 0 Å². The summed E-state index contributed by atoms with van der Waals surface area (Å²) < 4.78 is 61.8. The van der Waals surface area contributed by atoms with E-state index in [1.807, 2.05) is 0 Å². The van der Waals surface area contributed by atoms with Gasteiger partial charge in [-0.2, -0.15) is 0 Å². The summed E-state index contributed by atoms with van der Waals surface area (Å²) in [5, 5.41) is 2.82. The fourth-order valence-corrected chi connectivity index (χ4v) is 4.94. The minimum Gasteiger partial charge on any atom is -0.480 e. The highest BCUT2D eigenvalue weighted by Gasteiger charge is 2.22. The van der Waals surface area contributed by atoms with Gasteiger partial charge in [-0.15, -0.1) is 0 Å². The molecule has 1 amide bonds. The molecule has 0 saturated heterocycles. The summed E-state index contributed by atoms with van der Waals surface area (Å²) in [6.45, 7) is 1.82. The number of ether oxygens (including phenoxy) is 1. The van der Waals surface area contributed by atoms with Crippen LogP contribution < -0.4 is 20.3 Å². The smallest absolute Gasteiger partial charge is 0.264 e. The van der Waals surface area contributed by atoms with Gasteiger partial charge < -0.3 is 10.1 Å². The molecule has 2 N–H and O–H groups in total. The van der Waals surface area contributed by atoms with E-state index in [9.17, 15) is 26.8 Å². The van der Waals surface area contributed by atoms with Gasteiger partial charge in [-0.25, -0.2) is 27.2 Å². The Labute approximate surface area is 216 Å². The summed E-state index contributed by atoms with van der Waals surface area (Å²) in [7, 11) is -1.67. The molecule has 0 unspecified atom stereocenters. The first-order valence-corrected chi connectivity index (χ1v) is 12.8. The Morgan fingerprint density at radius 2 is 1.87 bits per heavy atom. The molecule has 0 spiro atoms. The van der Waals surface area contributed by atoms with Gasteiger partial charge in [-0.1, -0.05) is 13.0 Å². The van der Waals surface area contributed by atoms with Crippen LogP contribution >= 0.6 is 0 Å². The first-order chi connectivity index (χ1) is 18.0. The quantitative estimate of drug-likeness (QED) is 0.349. The standard InChI is InChI=1S/C25H23F2N5O5S/c1-14(23(33)28-2)12-32-13-30-20-6-4-15(8-18(20)25(32)34)16-9-21(24(37-3)29-11-16)31-38(35,36)22-7-5-17(26)10-19(22)27/h4-11,13-14,31H,12H2,1-3H3,(H,28,33)/t14-/m0/s1. The van der Waals surface area contributed by atoms with Crippen LogP contribution in [0, 0.1) is 17.6 Å². The number of benzene rings is 2. The minimum atomic E-state index is -4.47. The number of nitrogens with one attached hydrogen (secondary N) is 2. The summed E-state index contributed by atoms with van der Waals surface area (Å²) in [6, 6.07) is 8.39. The lowest BCUT2D eigenvalue weighted by molar-refractivity contribution is -0.124. The van der Waals surface area contributed by atoms with Gasteiger partial charge >= 0.3 is 0 Å². The average molecular weight is 544 g/mol. The van der Waals surface area contributed by atoms with Crippen molar-refractivity contribution in [3.63, 3.8) is 0 Å². The Kier molecular flexibility index (Phi) is 7.39. The Balaban J connectivity index is 1.73. The number of hydrogen-bond acceptors (Lipinski definition) is 7. The van der Waals surface area contributed by atoms with Gasteiger partial charge in [0, 0.05) is 31.4 Å². The van der Waals surface area contributed by atoms with Crippen molar-refractivity contribution in [2.24, 2.45) is 5.92 Å². The van der Waals surface area contributed by atoms with Crippen molar-refractivity contribution in [3.8, 4) is 17.0 Å². The molecule has 2 heterocycles. The highest BCUT2D eigenvalue weighted by Crippen LogP contribution is 2.31. The molecule has 10 nitrogen and oxygen atoms in total. The number of amides is 1. The second kappa shape index (κ2) is 10.5. The fourth-order valence-electron chi connectivity index (χ4n) is 3.83. The Hall–Kier alpha value is -4.39. The third-order valence-corrected chi connectivity index (χ3v) is 7.19. The number of sulfonamides is 1. The van der Waals surface area contributed by atoms with Crippen molar-refractivity contribution < 1.29 is 26.7 Å². The SMILES string of the molecule is CNC(=O)[C@@H](C)Cn1cnc2ccc(-c3cnc(OC)c(NS(=O)(=O)c4ccc(F)cc4F)c3)cc2c1=O. The third-order valence-electron chi connectivity index (χ3n) is 5.79. The predicted molar refractivity (Wildman–Crippen MR) is 136 cm³/mol. The lowest BCUT2D eigenvalue weighted by Crippen LogP contribution is -2.32. The van der Waals surface area contributed by atoms with Crippen LogP contribution in [-0.2, 0) is 21.4 Å². The van der Waals surface area contributed by atoms with Crippen molar-refractivity contribution in [2.45, 2.75) is 18.4 Å². The normalized spacial score (nSPS) is 12.2. The lowest BCUT2D eigenvalue weighted by atomic mass is 10.0. The number of anilines is 1. The van der Waals surface area contributed by atoms with E-state index >= 15 is 0 Å². The van der Waals surface area contributed by atoms with Crippen molar-refractivity contribution in [1.82, 2.24) is 19.9 Å². The summed E-state index contributed by atoms with van der Waals surface area (Å²) in [6.07, 6.45) is 2.79. The maximum Gasteiger partial charge on any atom is 0.264 e. The molecule has 4 aromatic rings. The topological polar surface area (TPSA) is 132 Å². The van der Waals surface area contributed by atoms with Crippen LogP contribution in [0.15, 0.2) is 64.7 Å². The number of rotatable bonds is 8. The van der Waals surface area contributed by atoms with Gasteiger partial charge in [0.15, 0.2) is 0 Å². The molecule has 0 aliphatic carbocycles. The van der Waals surface area contributed by atoms with E-state index in [4.69, 9.17) is 4.74 Å². The van der Waals surface area contributed by atoms with Gasteiger partial charge in [-0.3, -0.25) is 18.9 Å². The number of fused-ring (bicyclic) bond motifs is 1. The zero-order valence-corrected chi connectivity index (χ0v) is 21.3. The zero-order chi connectivity index (χ0) is 27.6. The van der Waals surface area contributed by atoms with Crippen LogP contribution in [0.1, 0.15) is 6.92 Å². The van der Waals surface area contributed by atoms with Crippen molar-refractivity contribution in [2.75, 3.05) is 18.9 Å². The Morgan fingerprint density at radius 3 is 2.55 bits per heavy atom. The van der Waals surface area contributed by atoms with Crippen LogP contribution in [0.25, 0.3) is 22.0 Å². The first-order valence-electron chi connectivity index (χ1n) is 11.3. The van der Waals surface area contributed by atoms with E-state index in [-0.39, 0.29) is 35.0 Å². The van der Waals surface area contributed by atoms with E-state index in [0.717, 1.165) is 12.1 Å². The number of carbonyl (C=O) groups is 1. The summed E-state index contributed by atoms with van der Waals surface area (Å²) in [4.78, 5) is 32.7. The molecular weight excluding hydrogens is 520 g/mol. The second-order valence-electron chi connectivity index (χ2n) is 8.41. The number of nitrogens with zero attached hydrogens (tertiary/aromatic N) is 3. The molecule has 0 fully saturated rings. The van der Waals surface area contributed by atoms with Crippen molar-refractivity contribution in [3.05, 3.63) is 77.0 Å². The molecule has 0 aliphatic rings. The Morgan fingerprint density at radius 1 is 1.11 bits per heavy atom. The summed E-state index contributed by atoms with van der Waals surface area (Å²) in [5.74, 6) is -2.95. The zero-order valence-electron chi connectivity index (χ0n) is 20.5. The molecular formula is C25H23F2N5O5S. The molecule has 2 aromatic carbocycles. The first kappa shape index (κ1) is 26.7. The maximum absolute atomic E-state index is 14.2. The lowest BCUT2D eigenvalue weighted by Gasteiger charge is -2.14. The van der Waals surface area contributed by atoms with E-state index in [0.29, 0.717) is 22.7 Å². The number of hydrogen-bond donors (Lipinski definition) is 2. The van der Waals surface area contributed by atoms with E-state index < -0.39 is 32.5 Å². The summed E-state index contributed by atoms with van der Waals surface area (Å²) in [5.41, 5.74) is 0.894. The molecule has 0 bridgehead atoms. The van der Waals surface area contributed by atoms with Crippen molar-refractivity contribution in [1.29, 1.82) is 0 Å². The number of pyridine rings is 1. The number of methoxy groups -OCH3 is 1. The highest BCUT2D eigenvalue weighted by molar-refractivity contribution is 7.92. The van der Waals surface area contributed by atoms with Crippen LogP contribution in [0.2, 0.25) is 0 Å². The second-order valence-corrected chi connectivity index (χ2v) is 10.1. The van der Waals surface area contributed by atoms with Gasteiger partial charge in [0.05, 0.1) is 30.3 Å². The van der Waals surface area contributed by atoms with Crippen LogP contribution in [0.4, 0.5) is 14.5 Å². The number of aromatic nitrogens is 3. The predicted octanol–water partition coefficient (Wildman–Crippen LogP) is 2.93. The molecule has 0 aliphatic heterocycles. The molecule has 38 heavy (non-hydrogen) atoms. The molecule has 0 saturated carbocycles. The largest absolute Gasteiger partial charge is 0.480 e. The monoisotopic (exact) mass is 543 g/mol. The van der Waals surface area contributed by atoms with Crippen LogP contribution in [0.5, 0.6) is 5.88 Å². The average Bonchev–Trinajstić information content (AvgIpc) is 2.89. The minimum absolute atomic E-state index is 0.0900. The molecule has 0 radical (unpaired) electrons. The fraction of sp³-hybridized carbons (Fsp3) is 0.200. The number of carbonyl (C=O) groups excluding carboxylic acids is 1. The molecule has 2 aromatic heterocycles. The molecule has 4 rings (SSSR count). The summed E-state index contributed by atoms with van der Waals surface area (Å²) >= 11 is 0. The van der Waals surface area contributed by atoms with E-state index in [1.165, 1.54) is 37.3 Å². The van der Waals surface area contributed by atoms with Gasteiger partial charge in [-0.05, 0) is 35.9 Å². The number of halogens is 2. The molecule has 13 heteroatoms. The third kappa shape index (κ3) is 5.32. The molecule has 198 valence electrons. The van der Waals surface area contributed by atoms with Crippen LogP contribution in [-0.4, -0.2) is 43.0 Å². The highest BCUT2D eigenvalue weighted by atomic mass is 32.2. The maximum atomic E-state index is 14.2. The van der Waals surface area contributed by atoms with E-state index in [1.54, 1.807) is 25.1 Å². The Bertz CT molecular complexity index is 1710.